The third-order valence-corrected chi connectivity index (χ3v) is 3.93. The highest BCUT2D eigenvalue weighted by atomic mass is 32.2. The largest absolute Gasteiger partial charge is 0.453 e. The maximum Gasteiger partial charge on any atom is 0.406 e. The number of ether oxygens (including phenoxy) is 1. The number of sulfonamides is 1. The van der Waals surface area contributed by atoms with E-state index in [0.717, 1.165) is 10.6 Å². The van der Waals surface area contributed by atoms with Crippen molar-refractivity contribution in [2.45, 2.75) is 6.92 Å². The summed E-state index contributed by atoms with van der Waals surface area (Å²) in [5.74, 6) is -0.0974. The lowest BCUT2D eigenvalue weighted by Crippen LogP contribution is -2.38. The van der Waals surface area contributed by atoms with E-state index in [0.29, 0.717) is 11.3 Å². The van der Waals surface area contributed by atoms with Crippen LogP contribution in [0.15, 0.2) is 24.3 Å². The number of carbonyl (C=O) groups is 2. The lowest BCUT2D eigenvalue weighted by Gasteiger charge is -2.22. The van der Waals surface area contributed by atoms with Gasteiger partial charge in [0.25, 0.3) is 0 Å². The number of amides is 1. The number of hydrogen-bond donors (Lipinski definition) is 1. The number of ketones is 1. The van der Waals surface area contributed by atoms with Crippen molar-refractivity contribution >= 4 is 27.6 Å². The van der Waals surface area contributed by atoms with E-state index >= 15 is 0 Å². The SMILES string of the molecule is COC(=O)NCCN(c1ccc(C(C)=O)cc1)S(C)(=O)=O. The van der Waals surface area contributed by atoms with Crippen LogP contribution in [0.3, 0.4) is 0 Å². The average Bonchev–Trinajstić information content (AvgIpc) is 2.42. The summed E-state index contributed by atoms with van der Waals surface area (Å²) < 4.78 is 29.2. The Morgan fingerprint density at radius 2 is 1.81 bits per heavy atom. The predicted octanol–water partition coefficient (Wildman–Crippen LogP) is 1.01. The lowest BCUT2D eigenvalue weighted by atomic mass is 10.1. The Morgan fingerprint density at radius 1 is 1.24 bits per heavy atom. The topological polar surface area (TPSA) is 92.8 Å². The van der Waals surface area contributed by atoms with Crippen molar-refractivity contribution < 1.29 is 22.7 Å². The third kappa shape index (κ3) is 5.07. The van der Waals surface area contributed by atoms with Gasteiger partial charge in [-0.3, -0.25) is 9.10 Å². The van der Waals surface area contributed by atoms with Crippen LogP contribution in [0, 0.1) is 0 Å². The molecule has 8 heteroatoms. The molecule has 1 amide bonds. The van der Waals surface area contributed by atoms with E-state index in [-0.39, 0.29) is 18.9 Å². The number of benzene rings is 1. The zero-order valence-corrected chi connectivity index (χ0v) is 12.9. The Hall–Kier alpha value is -2.09. The number of rotatable bonds is 6. The van der Waals surface area contributed by atoms with Gasteiger partial charge in [0.05, 0.1) is 25.6 Å². The van der Waals surface area contributed by atoms with Gasteiger partial charge in [-0.2, -0.15) is 0 Å². The molecule has 0 aliphatic rings. The Balaban J connectivity index is 2.88. The molecule has 1 aromatic rings. The first-order valence-corrected chi connectivity index (χ1v) is 8.01. The molecule has 21 heavy (non-hydrogen) atoms. The molecule has 0 atom stereocenters. The number of alkyl carbamates (subject to hydrolysis) is 1. The van der Waals surface area contributed by atoms with Crippen molar-refractivity contribution in [2.75, 3.05) is 30.8 Å². The summed E-state index contributed by atoms with van der Waals surface area (Å²) in [5, 5.41) is 2.41. The first-order chi connectivity index (χ1) is 9.75. The number of nitrogens with one attached hydrogen (secondary N) is 1. The van der Waals surface area contributed by atoms with E-state index in [4.69, 9.17) is 0 Å². The molecule has 1 aromatic carbocycles. The molecule has 1 N–H and O–H groups in total. The van der Waals surface area contributed by atoms with E-state index in [1.165, 1.54) is 14.0 Å². The van der Waals surface area contributed by atoms with Gasteiger partial charge in [-0.1, -0.05) is 0 Å². The highest BCUT2D eigenvalue weighted by molar-refractivity contribution is 7.92. The summed E-state index contributed by atoms with van der Waals surface area (Å²) in [7, 11) is -2.27. The molecule has 0 bridgehead atoms. The number of methoxy groups -OCH3 is 1. The number of anilines is 1. The third-order valence-electron chi connectivity index (χ3n) is 2.73. The zero-order valence-electron chi connectivity index (χ0n) is 12.1. The summed E-state index contributed by atoms with van der Waals surface area (Å²) in [6, 6.07) is 6.22. The van der Waals surface area contributed by atoms with Gasteiger partial charge in [0.2, 0.25) is 10.0 Å². The van der Waals surface area contributed by atoms with E-state index in [9.17, 15) is 18.0 Å². The second kappa shape index (κ2) is 7.07. The normalized spacial score (nSPS) is 10.8. The van der Waals surface area contributed by atoms with Gasteiger partial charge in [-0.05, 0) is 31.2 Å². The predicted molar refractivity (Wildman–Crippen MR) is 79.0 cm³/mol. The van der Waals surface area contributed by atoms with Crippen molar-refractivity contribution in [3.8, 4) is 0 Å². The van der Waals surface area contributed by atoms with Crippen molar-refractivity contribution in [3.63, 3.8) is 0 Å². The molecule has 0 aliphatic carbocycles. The highest BCUT2D eigenvalue weighted by Gasteiger charge is 2.17. The minimum absolute atomic E-state index is 0.0628. The monoisotopic (exact) mass is 314 g/mol. The molecular weight excluding hydrogens is 296 g/mol. The van der Waals surface area contributed by atoms with Crippen LogP contribution in [0.5, 0.6) is 0 Å². The van der Waals surface area contributed by atoms with E-state index in [2.05, 4.69) is 10.1 Å². The summed E-state index contributed by atoms with van der Waals surface area (Å²) in [4.78, 5) is 22.2. The maximum absolute atomic E-state index is 11.8. The number of hydrogen-bond acceptors (Lipinski definition) is 5. The zero-order chi connectivity index (χ0) is 16.0. The molecule has 0 saturated carbocycles. The number of nitrogens with zero attached hydrogens (tertiary/aromatic N) is 1. The van der Waals surface area contributed by atoms with Gasteiger partial charge >= 0.3 is 6.09 Å². The second-order valence-corrected chi connectivity index (χ2v) is 6.26. The molecule has 0 aromatic heterocycles. The molecule has 0 heterocycles. The van der Waals surface area contributed by atoms with Crippen LogP contribution >= 0.6 is 0 Å². The summed E-state index contributed by atoms with van der Waals surface area (Å²) in [6.07, 6.45) is 0.444. The van der Waals surface area contributed by atoms with Crippen molar-refractivity contribution in [3.05, 3.63) is 29.8 Å². The van der Waals surface area contributed by atoms with Crippen LogP contribution in [-0.4, -0.2) is 46.7 Å². The fourth-order valence-corrected chi connectivity index (χ4v) is 2.61. The Labute approximate surface area is 123 Å². The Kier molecular flexibility index (Phi) is 5.71. The molecule has 0 spiro atoms. The minimum Gasteiger partial charge on any atom is -0.453 e. The number of Topliss-reactive ketones (excluding diaryl/α,β-unsaturated/α-hetero) is 1. The fourth-order valence-electron chi connectivity index (χ4n) is 1.68. The van der Waals surface area contributed by atoms with E-state index < -0.39 is 16.1 Å². The quantitative estimate of drug-likeness (QED) is 0.791. The van der Waals surface area contributed by atoms with Gasteiger partial charge in [-0.15, -0.1) is 0 Å². The van der Waals surface area contributed by atoms with Crippen LogP contribution in [0.2, 0.25) is 0 Å². The molecule has 0 fully saturated rings. The smallest absolute Gasteiger partial charge is 0.406 e. The van der Waals surface area contributed by atoms with Gasteiger partial charge in [0.1, 0.15) is 0 Å². The molecule has 0 unspecified atom stereocenters. The van der Waals surface area contributed by atoms with E-state index in [1.54, 1.807) is 24.3 Å². The van der Waals surface area contributed by atoms with Crippen LogP contribution in [0.4, 0.5) is 10.5 Å². The van der Waals surface area contributed by atoms with E-state index in [1.807, 2.05) is 0 Å². The standard InChI is InChI=1S/C13H18N2O5S/c1-10(16)11-4-6-12(7-5-11)15(21(3,18)19)9-8-14-13(17)20-2/h4-7H,8-9H2,1-3H3,(H,14,17). The van der Waals surface area contributed by atoms with Crippen molar-refractivity contribution in [1.82, 2.24) is 5.32 Å². The molecule has 116 valence electrons. The van der Waals surface area contributed by atoms with Gasteiger partial charge in [0, 0.05) is 12.1 Å². The van der Waals surface area contributed by atoms with Crippen molar-refractivity contribution in [2.24, 2.45) is 0 Å². The van der Waals surface area contributed by atoms with Gasteiger partial charge < -0.3 is 10.1 Å². The Bertz CT molecular complexity index is 610. The second-order valence-electron chi connectivity index (χ2n) is 4.36. The molecule has 1 rings (SSSR count). The highest BCUT2D eigenvalue weighted by Crippen LogP contribution is 2.18. The molecule has 0 aliphatic heterocycles. The average molecular weight is 314 g/mol. The van der Waals surface area contributed by atoms with Crippen LogP contribution in [-0.2, 0) is 14.8 Å². The maximum atomic E-state index is 11.8. The number of carbonyl (C=O) groups excluding carboxylic acids is 2. The molecule has 7 nitrogen and oxygen atoms in total. The van der Waals surface area contributed by atoms with Gasteiger partial charge in [-0.25, -0.2) is 13.2 Å². The molecule has 0 saturated heterocycles. The first-order valence-electron chi connectivity index (χ1n) is 6.16. The van der Waals surface area contributed by atoms with Gasteiger partial charge in [0.15, 0.2) is 5.78 Å². The first kappa shape index (κ1) is 17.0. The fraction of sp³-hybridized carbons (Fsp3) is 0.385. The van der Waals surface area contributed by atoms with Crippen LogP contribution < -0.4 is 9.62 Å². The van der Waals surface area contributed by atoms with Crippen molar-refractivity contribution in [1.29, 1.82) is 0 Å². The van der Waals surface area contributed by atoms with Crippen LogP contribution in [0.25, 0.3) is 0 Å². The molecular formula is C13H18N2O5S. The molecule has 0 radical (unpaired) electrons. The summed E-state index contributed by atoms with van der Waals surface area (Å²) in [6.45, 7) is 1.60. The summed E-state index contributed by atoms with van der Waals surface area (Å²) in [5.41, 5.74) is 0.925. The Morgan fingerprint density at radius 3 is 2.24 bits per heavy atom. The lowest BCUT2D eigenvalue weighted by molar-refractivity contribution is 0.101. The minimum atomic E-state index is -3.50. The summed E-state index contributed by atoms with van der Waals surface area (Å²) >= 11 is 0. The van der Waals surface area contributed by atoms with Crippen LogP contribution in [0.1, 0.15) is 17.3 Å².